The van der Waals surface area contributed by atoms with Gasteiger partial charge in [-0.25, -0.2) is 9.97 Å². The van der Waals surface area contributed by atoms with E-state index in [4.69, 9.17) is 4.74 Å². The number of benzene rings is 1. The largest absolute Gasteiger partial charge is 0.433 e. The van der Waals surface area contributed by atoms with E-state index in [1.165, 1.54) is 13.0 Å². The smallest absolute Gasteiger partial charge is 0.426 e. The first-order chi connectivity index (χ1) is 13.7. The summed E-state index contributed by atoms with van der Waals surface area (Å²) in [6.07, 6.45) is -2.56. The average molecular weight is 408 g/mol. The Hall–Kier alpha value is -3.17. The number of esters is 1. The van der Waals surface area contributed by atoms with E-state index in [1.54, 1.807) is 23.1 Å². The van der Waals surface area contributed by atoms with Crippen LogP contribution in [0.5, 0.6) is 5.75 Å². The molecule has 2 aromatic rings. The van der Waals surface area contributed by atoms with Crippen LogP contribution in [0.3, 0.4) is 0 Å². The lowest BCUT2D eigenvalue weighted by Gasteiger charge is -2.33. The highest BCUT2D eigenvalue weighted by atomic mass is 19.4. The van der Waals surface area contributed by atoms with Crippen LogP contribution in [0.25, 0.3) is 0 Å². The predicted molar refractivity (Wildman–Crippen MR) is 97.5 cm³/mol. The molecule has 3 rings (SSSR count). The van der Waals surface area contributed by atoms with E-state index in [9.17, 15) is 22.8 Å². The number of hydrogen-bond acceptors (Lipinski definition) is 6. The third kappa shape index (κ3) is 5.21. The molecule has 1 aliphatic heterocycles. The van der Waals surface area contributed by atoms with Crippen molar-refractivity contribution in [1.29, 1.82) is 0 Å². The van der Waals surface area contributed by atoms with Gasteiger partial charge in [-0.05, 0) is 25.0 Å². The van der Waals surface area contributed by atoms with E-state index >= 15 is 0 Å². The maximum absolute atomic E-state index is 12.8. The second-order valence-corrected chi connectivity index (χ2v) is 6.58. The number of nitrogens with zero attached hydrogens (tertiary/aromatic N) is 3. The lowest BCUT2D eigenvalue weighted by molar-refractivity contribution is -0.141. The summed E-state index contributed by atoms with van der Waals surface area (Å²) >= 11 is 0. The van der Waals surface area contributed by atoms with Crippen LogP contribution in [0.4, 0.5) is 19.0 Å². The Morgan fingerprint density at radius 2 is 1.86 bits per heavy atom. The van der Waals surface area contributed by atoms with Crippen molar-refractivity contribution in [3.8, 4) is 5.75 Å². The minimum atomic E-state index is -4.53. The van der Waals surface area contributed by atoms with Crippen LogP contribution in [-0.2, 0) is 11.0 Å². The molecule has 1 aromatic heterocycles. The van der Waals surface area contributed by atoms with Gasteiger partial charge in [-0.2, -0.15) is 13.2 Å². The number of nitrogens with one attached hydrogen (secondary N) is 1. The molecule has 1 amide bonds. The highest BCUT2D eigenvalue weighted by Gasteiger charge is 2.33. The Labute approximate surface area is 164 Å². The number of piperidine rings is 1. The quantitative estimate of drug-likeness (QED) is 0.619. The van der Waals surface area contributed by atoms with E-state index in [2.05, 4.69) is 15.3 Å². The molecule has 10 heteroatoms. The number of para-hydroxylation sites is 1. The summed E-state index contributed by atoms with van der Waals surface area (Å²) in [6.45, 7) is 2.12. The lowest BCUT2D eigenvalue weighted by atomic mass is 10.0. The van der Waals surface area contributed by atoms with Crippen molar-refractivity contribution in [3.63, 3.8) is 0 Å². The maximum atomic E-state index is 12.8. The Morgan fingerprint density at radius 3 is 2.52 bits per heavy atom. The molecule has 1 saturated heterocycles. The summed E-state index contributed by atoms with van der Waals surface area (Å²) in [6, 6.07) is 7.18. The minimum Gasteiger partial charge on any atom is -0.426 e. The molecule has 0 bridgehead atoms. The summed E-state index contributed by atoms with van der Waals surface area (Å²) < 4.78 is 43.5. The third-order valence-electron chi connectivity index (χ3n) is 4.48. The van der Waals surface area contributed by atoms with Crippen molar-refractivity contribution in [2.75, 3.05) is 18.0 Å². The number of hydrogen-bond donors (Lipinski definition) is 1. The number of carbonyl (C=O) groups is 2. The molecule has 0 spiro atoms. The van der Waals surface area contributed by atoms with E-state index in [-0.39, 0.29) is 29.1 Å². The van der Waals surface area contributed by atoms with Gasteiger partial charge in [-0.3, -0.25) is 9.59 Å². The topological polar surface area (TPSA) is 84.4 Å². The highest BCUT2D eigenvalue weighted by molar-refractivity contribution is 5.97. The first kappa shape index (κ1) is 20.6. The lowest BCUT2D eigenvalue weighted by Crippen LogP contribution is -2.45. The Morgan fingerprint density at radius 1 is 1.17 bits per heavy atom. The molecule has 29 heavy (non-hydrogen) atoms. The zero-order valence-corrected chi connectivity index (χ0v) is 15.6. The van der Waals surface area contributed by atoms with E-state index in [0.717, 1.165) is 12.4 Å². The van der Waals surface area contributed by atoms with Crippen LogP contribution < -0.4 is 15.0 Å². The number of halogens is 3. The average Bonchev–Trinajstić information content (AvgIpc) is 2.68. The molecule has 0 aliphatic carbocycles. The Bertz CT molecular complexity index is 896. The van der Waals surface area contributed by atoms with Crippen molar-refractivity contribution in [1.82, 2.24) is 15.3 Å². The van der Waals surface area contributed by atoms with Crippen LogP contribution in [0.15, 0.2) is 36.7 Å². The minimum absolute atomic E-state index is 0.159. The fourth-order valence-corrected chi connectivity index (χ4v) is 3.09. The molecule has 2 heterocycles. The molecule has 1 fully saturated rings. The number of ether oxygens (including phenoxy) is 1. The van der Waals surface area contributed by atoms with Crippen LogP contribution in [0, 0.1) is 0 Å². The van der Waals surface area contributed by atoms with E-state index in [0.29, 0.717) is 25.9 Å². The zero-order chi connectivity index (χ0) is 21.0. The van der Waals surface area contributed by atoms with E-state index < -0.39 is 17.8 Å². The van der Waals surface area contributed by atoms with Crippen molar-refractivity contribution in [3.05, 3.63) is 47.9 Å². The molecule has 154 valence electrons. The van der Waals surface area contributed by atoms with Crippen LogP contribution >= 0.6 is 0 Å². The molecule has 0 saturated carbocycles. The molecule has 1 aromatic carbocycles. The standard InChI is InChI=1S/C19H19F3N4O3/c1-12(27)29-15-5-3-2-4-14(15)18(28)25-13-6-8-26(9-7-13)17-10-16(19(20,21)22)23-11-24-17/h2-5,10-11,13H,6-9H2,1H3,(H,25,28). The molecule has 0 radical (unpaired) electrons. The molecule has 0 atom stereocenters. The summed E-state index contributed by atoms with van der Waals surface area (Å²) in [5, 5.41) is 2.89. The normalized spacial score (nSPS) is 15.1. The SMILES string of the molecule is CC(=O)Oc1ccccc1C(=O)NC1CCN(c2cc(C(F)(F)F)ncn2)CC1. The van der Waals surface area contributed by atoms with Crippen molar-refractivity contribution >= 4 is 17.7 Å². The number of rotatable bonds is 4. The number of anilines is 1. The van der Waals surface area contributed by atoms with Gasteiger partial charge in [0.05, 0.1) is 5.56 Å². The summed E-state index contributed by atoms with van der Waals surface area (Å²) in [7, 11) is 0. The number of amides is 1. The first-order valence-corrected chi connectivity index (χ1v) is 8.96. The van der Waals surface area contributed by atoms with Crippen LogP contribution in [0.2, 0.25) is 0 Å². The van der Waals surface area contributed by atoms with Gasteiger partial charge in [-0.1, -0.05) is 12.1 Å². The highest BCUT2D eigenvalue weighted by Crippen LogP contribution is 2.29. The fraction of sp³-hybridized carbons (Fsp3) is 0.368. The molecule has 7 nitrogen and oxygen atoms in total. The molecule has 1 aliphatic rings. The van der Waals surface area contributed by atoms with Gasteiger partial charge in [0.1, 0.15) is 23.6 Å². The van der Waals surface area contributed by atoms with Gasteiger partial charge in [0.15, 0.2) is 0 Å². The first-order valence-electron chi connectivity index (χ1n) is 8.96. The third-order valence-corrected chi connectivity index (χ3v) is 4.48. The molecular weight excluding hydrogens is 389 g/mol. The van der Waals surface area contributed by atoms with Crippen LogP contribution in [-0.4, -0.2) is 41.0 Å². The second-order valence-electron chi connectivity index (χ2n) is 6.58. The summed E-state index contributed by atoms with van der Waals surface area (Å²) in [5.41, 5.74) is -0.740. The van der Waals surface area contributed by atoms with Gasteiger partial charge in [0.2, 0.25) is 0 Å². The van der Waals surface area contributed by atoms with E-state index in [1.807, 2.05) is 0 Å². The number of alkyl halides is 3. The van der Waals surface area contributed by atoms with Crippen molar-refractivity contribution < 1.29 is 27.5 Å². The summed E-state index contributed by atoms with van der Waals surface area (Å²) in [5.74, 6) is -0.517. The van der Waals surface area contributed by atoms with Crippen molar-refractivity contribution in [2.45, 2.75) is 32.0 Å². The molecule has 1 N–H and O–H groups in total. The van der Waals surface area contributed by atoms with Gasteiger partial charge in [-0.15, -0.1) is 0 Å². The van der Waals surface area contributed by atoms with Gasteiger partial charge in [0, 0.05) is 32.1 Å². The molecular formula is C19H19F3N4O3. The fourth-order valence-electron chi connectivity index (χ4n) is 3.09. The Balaban J connectivity index is 1.61. The van der Waals surface area contributed by atoms with Crippen LogP contribution in [0.1, 0.15) is 35.8 Å². The summed E-state index contributed by atoms with van der Waals surface area (Å²) in [4.78, 5) is 32.7. The number of aromatic nitrogens is 2. The predicted octanol–water partition coefficient (Wildman–Crippen LogP) is 2.82. The monoisotopic (exact) mass is 408 g/mol. The maximum Gasteiger partial charge on any atom is 0.433 e. The van der Waals surface area contributed by atoms with Gasteiger partial charge in [0.25, 0.3) is 5.91 Å². The number of carbonyl (C=O) groups excluding carboxylic acids is 2. The second kappa shape index (κ2) is 8.46. The zero-order valence-electron chi connectivity index (χ0n) is 15.6. The molecule has 0 unspecified atom stereocenters. The Kier molecular flexibility index (Phi) is 6.00. The van der Waals surface area contributed by atoms with Gasteiger partial charge >= 0.3 is 12.1 Å². The van der Waals surface area contributed by atoms with Gasteiger partial charge < -0.3 is 15.0 Å². The van der Waals surface area contributed by atoms with Crippen molar-refractivity contribution in [2.24, 2.45) is 0 Å².